The molecule has 0 unspecified atom stereocenters. The Morgan fingerprint density at radius 1 is 1.35 bits per heavy atom. The highest BCUT2D eigenvalue weighted by Crippen LogP contribution is 2.27. The van der Waals surface area contributed by atoms with E-state index in [9.17, 15) is 4.79 Å². The number of carbonyl (C=O) groups excluding carboxylic acids is 1. The second-order valence-electron chi connectivity index (χ2n) is 4.99. The van der Waals surface area contributed by atoms with Crippen molar-refractivity contribution in [2.45, 2.75) is 23.9 Å². The number of nitrogens with one attached hydrogen (secondary N) is 1. The van der Waals surface area contributed by atoms with Crippen LogP contribution in [0.5, 0.6) is 11.5 Å². The number of hydrogen-bond acceptors (Lipinski definition) is 5. The molecule has 0 radical (unpaired) electrons. The van der Waals surface area contributed by atoms with E-state index in [0.717, 1.165) is 10.7 Å². The molecular weight excluding hydrogens is 314 g/mol. The van der Waals surface area contributed by atoms with Crippen molar-refractivity contribution < 1.29 is 14.3 Å². The monoisotopic (exact) mass is 335 g/mol. The van der Waals surface area contributed by atoms with Crippen LogP contribution in [0.1, 0.15) is 12.5 Å². The minimum atomic E-state index is -0.226. The molecule has 1 heterocycles. The Balaban J connectivity index is 1.92. The highest BCUT2D eigenvalue weighted by atomic mass is 32.2. The predicted octanol–water partition coefficient (Wildman–Crippen LogP) is 2.23. The number of hydrogen-bond donors (Lipinski definition) is 1. The van der Waals surface area contributed by atoms with Crippen molar-refractivity contribution in [3.05, 3.63) is 36.2 Å². The van der Waals surface area contributed by atoms with Crippen molar-refractivity contribution in [1.82, 2.24) is 14.9 Å². The van der Waals surface area contributed by atoms with Crippen LogP contribution in [-0.2, 0) is 18.4 Å². The molecule has 1 aromatic heterocycles. The lowest BCUT2D eigenvalue weighted by atomic mass is 10.2. The van der Waals surface area contributed by atoms with Crippen LogP contribution in [0.3, 0.4) is 0 Å². The maximum Gasteiger partial charge on any atom is 0.233 e. The summed E-state index contributed by atoms with van der Waals surface area (Å²) in [6.45, 7) is 2.30. The molecule has 0 aliphatic heterocycles. The van der Waals surface area contributed by atoms with E-state index in [2.05, 4.69) is 10.3 Å². The first-order valence-electron chi connectivity index (χ1n) is 7.17. The van der Waals surface area contributed by atoms with E-state index in [1.54, 1.807) is 20.4 Å². The fourth-order valence-electron chi connectivity index (χ4n) is 2.00. The summed E-state index contributed by atoms with van der Waals surface area (Å²) in [5, 5.41) is 3.52. The van der Waals surface area contributed by atoms with Gasteiger partial charge in [-0.25, -0.2) is 4.98 Å². The van der Waals surface area contributed by atoms with Gasteiger partial charge in [0.05, 0.1) is 19.5 Å². The van der Waals surface area contributed by atoms with Gasteiger partial charge >= 0.3 is 0 Å². The molecule has 2 rings (SSSR count). The largest absolute Gasteiger partial charge is 0.493 e. The number of carbonyl (C=O) groups is 1. The second-order valence-corrected chi connectivity index (χ2v) is 6.30. The zero-order chi connectivity index (χ0) is 16.8. The zero-order valence-electron chi connectivity index (χ0n) is 13.7. The number of thioether (sulfide) groups is 1. The van der Waals surface area contributed by atoms with Gasteiger partial charge in [-0.15, -0.1) is 0 Å². The predicted molar refractivity (Wildman–Crippen MR) is 89.9 cm³/mol. The van der Waals surface area contributed by atoms with Crippen molar-refractivity contribution in [2.24, 2.45) is 7.05 Å². The van der Waals surface area contributed by atoms with E-state index < -0.39 is 0 Å². The van der Waals surface area contributed by atoms with Crippen LogP contribution in [0.15, 0.2) is 35.7 Å². The summed E-state index contributed by atoms with van der Waals surface area (Å²) in [5.41, 5.74) is 0.949. The molecule has 124 valence electrons. The van der Waals surface area contributed by atoms with Crippen molar-refractivity contribution in [1.29, 1.82) is 0 Å². The Labute approximate surface area is 140 Å². The Kier molecular flexibility index (Phi) is 5.92. The van der Waals surface area contributed by atoms with Crippen LogP contribution in [0, 0.1) is 0 Å². The van der Waals surface area contributed by atoms with Gasteiger partial charge in [0.25, 0.3) is 0 Å². The lowest BCUT2D eigenvalue weighted by Gasteiger charge is -2.13. The number of aromatic nitrogens is 2. The van der Waals surface area contributed by atoms with Crippen LogP contribution < -0.4 is 14.8 Å². The molecule has 1 atom stereocenters. The summed E-state index contributed by atoms with van der Waals surface area (Å²) < 4.78 is 12.4. The molecule has 23 heavy (non-hydrogen) atoms. The second kappa shape index (κ2) is 7.92. The highest BCUT2D eigenvalue weighted by Gasteiger charge is 2.16. The van der Waals surface area contributed by atoms with Crippen molar-refractivity contribution in [3.8, 4) is 11.5 Å². The molecule has 7 heteroatoms. The molecule has 0 saturated carbocycles. The molecule has 0 spiro atoms. The maximum absolute atomic E-state index is 12.2. The number of imidazole rings is 1. The van der Waals surface area contributed by atoms with Crippen molar-refractivity contribution in [3.63, 3.8) is 0 Å². The van der Waals surface area contributed by atoms with E-state index in [4.69, 9.17) is 9.47 Å². The van der Waals surface area contributed by atoms with E-state index in [1.165, 1.54) is 11.8 Å². The SMILES string of the molecule is COc1ccc(CNC(=O)[C@@H](C)Sc2nccn2C)cc1OC. The Morgan fingerprint density at radius 3 is 2.70 bits per heavy atom. The summed E-state index contributed by atoms with van der Waals surface area (Å²) in [4.78, 5) is 16.4. The van der Waals surface area contributed by atoms with Gasteiger partial charge in [-0.05, 0) is 24.6 Å². The van der Waals surface area contributed by atoms with Crippen LogP contribution in [0.4, 0.5) is 0 Å². The van der Waals surface area contributed by atoms with Crippen molar-refractivity contribution >= 4 is 17.7 Å². The van der Waals surface area contributed by atoms with E-state index in [-0.39, 0.29) is 11.2 Å². The van der Waals surface area contributed by atoms with Gasteiger partial charge < -0.3 is 19.4 Å². The van der Waals surface area contributed by atoms with Gasteiger partial charge in [0.15, 0.2) is 16.7 Å². The smallest absolute Gasteiger partial charge is 0.233 e. The Morgan fingerprint density at radius 2 is 2.09 bits per heavy atom. The minimum Gasteiger partial charge on any atom is -0.493 e. The first kappa shape index (κ1) is 17.2. The number of aryl methyl sites for hydroxylation is 1. The van der Waals surface area contributed by atoms with Crippen LogP contribution in [-0.4, -0.2) is 34.9 Å². The molecule has 6 nitrogen and oxygen atoms in total. The van der Waals surface area contributed by atoms with E-state index >= 15 is 0 Å². The van der Waals surface area contributed by atoms with Gasteiger partial charge in [-0.1, -0.05) is 17.8 Å². The highest BCUT2D eigenvalue weighted by molar-refractivity contribution is 8.00. The Hall–Kier alpha value is -2.15. The molecule has 1 aromatic carbocycles. The molecule has 2 aromatic rings. The number of methoxy groups -OCH3 is 2. The molecule has 0 saturated heterocycles. The van der Waals surface area contributed by atoms with E-state index in [1.807, 2.05) is 42.9 Å². The number of ether oxygens (including phenoxy) is 2. The molecule has 0 fully saturated rings. The molecule has 0 aliphatic carbocycles. The third-order valence-electron chi connectivity index (χ3n) is 3.34. The summed E-state index contributed by atoms with van der Waals surface area (Å²) in [6, 6.07) is 5.58. The average Bonchev–Trinajstić information content (AvgIpc) is 2.97. The van der Waals surface area contributed by atoms with Gasteiger partial charge in [0.2, 0.25) is 5.91 Å². The summed E-state index contributed by atoms with van der Waals surface area (Å²) in [6.07, 6.45) is 3.58. The number of nitrogens with zero attached hydrogens (tertiary/aromatic N) is 2. The lowest BCUT2D eigenvalue weighted by Crippen LogP contribution is -2.30. The average molecular weight is 335 g/mol. The van der Waals surface area contributed by atoms with Gasteiger partial charge in [0, 0.05) is 26.0 Å². The molecule has 1 amide bonds. The number of amides is 1. The van der Waals surface area contributed by atoms with Gasteiger partial charge in [-0.2, -0.15) is 0 Å². The minimum absolute atomic E-state index is 0.0345. The summed E-state index contributed by atoms with van der Waals surface area (Å²) >= 11 is 1.43. The molecular formula is C16H21N3O3S. The van der Waals surface area contributed by atoms with Crippen molar-refractivity contribution in [2.75, 3.05) is 14.2 Å². The first-order valence-corrected chi connectivity index (χ1v) is 8.05. The summed E-state index contributed by atoms with van der Waals surface area (Å²) in [7, 11) is 5.09. The summed E-state index contributed by atoms with van der Waals surface area (Å²) in [5.74, 6) is 1.28. The normalized spacial score (nSPS) is 11.8. The maximum atomic E-state index is 12.2. The zero-order valence-corrected chi connectivity index (χ0v) is 14.5. The van der Waals surface area contributed by atoms with Gasteiger partial charge in [-0.3, -0.25) is 4.79 Å². The molecule has 0 aliphatic rings. The molecule has 0 bridgehead atoms. The topological polar surface area (TPSA) is 65.4 Å². The Bertz CT molecular complexity index is 672. The molecule has 1 N–H and O–H groups in total. The fraction of sp³-hybridized carbons (Fsp3) is 0.375. The van der Waals surface area contributed by atoms with Crippen LogP contribution >= 0.6 is 11.8 Å². The third-order valence-corrected chi connectivity index (χ3v) is 4.51. The third kappa shape index (κ3) is 4.41. The van der Waals surface area contributed by atoms with E-state index in [0.29, 0.717) is 18.0 Å². The van der Waals surface area contributed by atoms with Gasteiger partial charge in [0.1, 0.15) is 0 Å². The van der Waals surface area contributed by atoms with Crippen LogP contribution in [0.2, 0.25) is 0 Å². The lowest BCUT2D eigenvalue weighted by molar-refractivity contribution is -0.120. The number of rotatable bonds is 7. The standard InChI is InChI=1S/C16H21N3O3S/c1-11(23-16-17-7-8-19(16)2)15(20)18-10-12-5-6-13(21-3)14(9-12)22-4/h5-9,11H,10H2,1-4H3,(H,18,20)/t11-/m1/s1. The first-order chi connectivity index (χ1) is 11.0. The van der Waals surface area contributed by atoms with Crippen LogP contribution in [0.25, 0.3) is 0 Å². The number of benzene rings is 1. The quantitative estimate of drug-likeness (QED) is 0.786. The fourth-order valence-corrected chi connectivity index (χ4v) is 2.86.